The molecule has 0 radical (unpaired) electrons. The summed E-state index contributed by atoms with van der Waals surface area (Å²) in [5.74, 6) is -8.94. The van der Waals surface area contributed by atoms with E-state index in [0.29, 0.717) is 6.42 Å². The Balaban J connectivity index is 2.19. The molecular weight excluding hydrogens is 468 g/mol. The SMILES string of the molecule is NCCCC(=O)N1CCOC(=O)c2cc(O)c(O)c(O)c2-c2c(cc(O)c(O)c2O)C(=O)OCC1. The van der Waals surface area contributed by atoms with E-state index in [1.807, 2.05) is 0 Å². The van der Waals surface area contributed by atoms with Gasteiger partial charge in [0.2, 0.25) is 17.4 Å². The molecular formula is C22H24N2O11. The van der Waals surface area contributed by atoms with Crippen LogP contribution in [0.3, 0.4) is 0 Å². The second kappa shape index (κ2) is 10.3. The van der Waals surface area contributed by atoms with Crippen LogP contribution >= 0.6 is 0 Å². The maximum absolute atomic E-state index is 12.9. The van der Waals surface area contributed by atoms with E-state index in [4.69, 9.17) is 15.2 Å². The first-order valence-corrected chi connectivity index (χ1v) is 10.5. The van der Waals surface area contributed by atoms with Crippen LogP contribution in [0.4, 0.5) is 0 Å². The van der Waals surface area contributed by atoms with Crippen LogP contribution in [-0.2, 0) is 14.3 Å². The molecule has 0 unspecified atom stereocenters. The second-order valence-electron chi connectivity index (χ2n) is 7.58. The highest BCUT2D eigenvalue weighted by molar-refractivity contribution is 6.08. The van der Waals surface area contributed by atoms with Crippen molar-refractivity contribution < 1.29 is 54.5 Å². The van der Waals surface area contributed by atoms with Crippen LogP contribution < -0.4 is 5.73 Å². The molecule has 0 bridgehead atoms. The Morgan fingerprint density at radius 1 is 0.800 bits per heavy atom. The van der Waals surface area contributed by atoms with Gasteiger partial charge in [0, 0.05) is 17.5 Å². The molecule has 1 aliphatic rings. The number of carbonyl (C=O) groups is 3. The third-order valence-electron chi connectivity index (χ3n) is 5.33. The molecule has 0 fully saturated rings. The van der Waals surface area contributed by atoms with Crippen LogP contribution in [0.1, 0.15) is 33.6 Å². The topological polar surface area (TPSA) is 220 Å². The lowest BCUT2D eigenvalue weighted by atomic mass is 9.92. The van der Waals surface area contributed by atoms with Gasteiger partial charge in [-0.1, -0.05) is 0 Å². The zero-order valence-corrected chi connectivity index (χ0v) is 18.4. The van der Waals surface area contributed by atoms with Crippen molar-refractivity contribution in [3.8, 4) is 45.6 Å². The number of ether oxygens (including phenoxy) is 2. The van der Waals surface area contributed by atoms with Crippen molar-refractivity contribution in [1.82, 2.24) is 4.90 Å². The van der Waals surface area contributed by atoms with Gasteiger partial charge in [0.1, 0.15) is 13.2 Å². The van der Waals surface area contributed by atoms with Gasteiger partial charge in [0.15, 0.2) is 23.0 Å². The summed E-state index contributed by atoms with van der Waals surface area (Å²) in [6.07, 6.45) is 0.506. The number of amides is 1. The molecule has 0 spiro atoms. The Morgan fingerprint density at radius 3 is 1.63 bits per heavy atom. The number of phenolic OH excluding ortho intramolecular Hbond substituents is 6. The summed E-state index contributed by atoms with van der Waals surface area (Å²) < 4.78 is 10.3. The standard InChI is InChI=1S/C22H24N2O11/c23-3-1-2-14(27)24-4-6-34-21(32)10-8-12(25)17(28)19(30)15(10)16-11(22(33)35-7-5-24)9-13(26)18(29)20(16)31/h8-9,25-26,28-31H,1-7,23H2. The highest BCUT2D eigenvalue weighted by atomic mass is 16.5. The number of carbonyl (C=O) groups excluding carboxylic acids is 3. The first-order valence-electron chi connectivity index (χ1n) is 10.5. The monoisotopic (exact) mass is 492 g/mol. The summed E-state index contributed by atoms with van der Waals surface area (Å²) >= 11 is 0. The zero-order valence-electron chi connectivity index (χ0n) is 18.4. The number of nitrogens with two attached hydrogens (primary N) is 1. The van der Waals surface area contributed by atoms with Crippen molar-refractivity contribution in [2.24, 2.45) is 5.73 Å². The second-order valence-corrected chi connectivity index (χ2v) is 7.58. The van der Waals surface area contributed by atoms with Crippen LogP contribution in [0, 0.1) is 0 Å². The number of phenols is 6. The summed E-state index contributed by atoms with van der Waals surface area (Å²) in [6, 6.07) is 1.43. The molecule has 0 atom stereocenters. The van der Waals surface area contributed by atoms with Gasteiger partial charge >= 0.3 is 11.9 Å². The fourth-order valence-electron chi connectivity index (χ4n) is 3.54. The fourth-order valence-corrected chi connectivity index (χ4v) is 3.54. The number of fused-ring (bicyclic) bond motifs is 3. The average Bonchev–Trinajstić information content (AvgIpc) is 2.83. The van der Waals surface area contributed by atoms with Crippen LogP contribution in [0.2, 0.25) is 0 Å². The molecule has 0 saturated carbocycles. The van der Waals surface area contributed by atoms with Crippen molar-refractivity contribution in [2.45, 2.75) is 12.8 Å². The predicted molar refractivity (Wildman–Crippen MR) is 117 cm³/mol. The van der Waals surface area contributed by atoms with E-state index in [1.165, 1.54) is 4.90 Å². The van der Waals surface area contributed by atoms with Crippen LogP contribution in [0.5, 0.6) is 34.5 Å². The maximum atomic E-state index is 12.9. The third kappa shape index (κ3) is 4.94. The summed E-state index contributed by atoms with van der Waals surface area (Å²) in [4.78, 5) is 39.5. The molecule has 35 heavy (non-hydrogen) atoms. The smallest absolute Gasteiger partial charge is 0.339 e. The Kier molecular flexibility index (Phi) is 7.40. The Hall–Kier alpha value is -4.39. The van der Waals surface area contributed by atoms with Crippen molar-refractivity contribution in [1.29, 1.82) is 0 Å². The molecule has 1 amide bonds. The van der Waals surface area contributed by atoms with Gasteiger partial charge in [-0.2, -0.15) is 0 Å². The molecule has 1 aliphatic heterocycles. The Bertz CT molecular complexity index is 1100. The molecule has 0 aromatic heterocycles. The number of rotatable bonds is 3. The van der Waals surface area contributed by atoms with E-state index in [0.717, 1.165) is 12.1 Å². The lowest BCUT2D eigenvalue weighted by Crippen LogP contribution is -2.37. The van der Waals surface area contributed by atoms with E-state index in [-0.39, 0.29) is 45.2 Å². The number of esters is 2. The van der Waals surface area contributed by atoms with E-state index >= 15 is 0 Å². The van der Waals surface area contributed by atoms with Crippen molar-refractivity contribution >= 4 is 17.8 Å². The summed E-state index contributed by atoms with van der Waals surface area (Å²) in [5.41, 5.74) is 2.86. The number of hydrogen-bond donors (Lipinski definition) is 7. The van der Waals surface area contributed by atoms with E-state index < -0.39 is 68.7 Å². The number of benzene rings is 2. The van der Waals surface area contributed by atoms with Crippen molar-refractivity contribution in [3.63, 3.8) is 0 Å². The Labute approximate surface area is 198 Å². The molecule has 0 saturated heterocycles. The molecule has 3 rings (SSSR count). The van der Waals surface area contributed by atoms with Gasteiger partial charge in [0.05, 0.1) is 24.2 Å². The van der Waals surface area contributed by atoms with Gasteiger partial charge in [-0.3, -0.25) is 4.79 Å². The number of hydrogen-bond acceptors (Lipinski definition) is 12. The summed E-state index contributed by atoms with van der Waals surface area (Å²) in [6.45, 7) is -0.558. The quantitative estimate of drug-likeness (QED) is 0.230. The van der Waals surface area contributed by atoms with Gasteiger partial charge in [-0.25, -0.2) is 9.59 Å². The molecule has 2 aromatic rings. The van der Waals surface area contributed by atoms with Crippen molar-refractivity contribution in [2.75, 3.05) is 32.8 Å². The van der Waals surface area contributed by atoms with Crippen LogP contribution in [0.25, 0.3) is 11.1 Å². The lowest BCUT2D eigenvalue weighted by molar-refractivity contribution is -0.132. The van der Waals surface area contributed by atoms with Gasteiger partial charge < -0.3 is 50.7 Å². The van der Waals surface area contributed by atoms with Gasteiger partial charge in [0.25, 0.3) is 0 Å². The number of nitrogens with zero attached hydrogens (tertiary/aromatic N) is 1. The van der Waals surface area contributed by atoms with E-state index in [1.54, 1.807) is 0 Å². The first-order chi connectivity index (χ1) is 16.6. The largest absolute Gasteiger partial charge is 0.504 e. The molecule has 8 N–H and O–H groups in total. The van der Waals surface area contributed by atoms with E-state index in [9.17, 15) is 45.0 Å². The summed E-state index contributed by atoms with van der Waals surface area (Å²) in [7, 11) is 0. The van der Waals surface area contributed by atoms with Gasteiger partial charge in [-0.15, -0.1) is 0 Å². The van der Waals surface area contributed by atoms with Gasteiger partial charge in [-0.05, 0) is 25.1 Å². The summed E-state index contributed by atoms with van der Waals surface area (Å²) in [5, 5.41) is 61.0. The fraction of sp³-hybridized carbons (Fsp3) is 0.318. The molecule has 1 heterocycles. The minimum atomic E-state index is -1.16. The molecule has 2 aromatic carbocycles. The number of aromatic hydroxyl groups is 6. The highest BCUT2D eigenvalue weighted by Gasteiger charge is 2.32. The lowest BCUT2D eigenvalue weighted by Gasteiger charge is -2.22. The zero-order chi connectivity index (χ0) is 25.9. The molecule has 13 heteroatoms. The third-order valence-corrected chi connectivity index (χ3v) is 5.33. The average molecular weight is 492 g/mol. The predicted octanol–water partition coefficient (Wildman–Crippen LogP) is 0.482. The normalized spacial score (nSPS) is 14.5. The molecule has 13 nitrogen and oxygen atoms in total. The van der Waals surface area contributed by atoms with Crippen LogP contribution in [0.15, 0.2) is 12.1 Å². The molecule has 188 valence electrons. The van der Waals surface area contributed by atoms with E-state index in [2.05, 4.69) is 0 Å². The maximum Gasteiger partial charge on any atom is 0.339 e. The minimum Gasteiger partial charge on any atom is -0.504 e. The molecule has 0 aliphatic carbocycles. The highest BCUT2D eigenvalue weighted by Crippen LogP contribution is 2.52. The first kappa shape index (κ1) is 25.2. The van der Waals surface area contributed by atoms with Crippen LogP contribution in [-0.4, -0.2) is 86.2 Å². The minimum absolute atomic E-state index is 0.0855. The van der Waals surface area contributed by atoms with Crippen molar-refractivity contribution in [3.05, 3.63) is 23.3 Å². The Morgan fingerprint density at radius 2 is 1.23 bits per heavy atom. The number of cyclic esters (lactones) is 2.